The lowest BCUT2D eigenvalue weighted by Gasteiger charge is -2.40. The molecule has 0 aliphatic heterocycles. The average molecular weight is 297 g/mol. The van der Waals surface area contributed by atoms with Crippen LogP contribution in [0.15, 0.2) is 29.8 Å². The molecule has 0 bridgehead atoms. The Kier molecular flexibility index (Phi) is 3.90. The molecule has 3 heteroatoms. The first kappa shape index (κ1) is 15.0. The molecule has 0 spiro atoms. The number of rotatable bonds is 2. The number of para-hydroxylation sites is 1. The van der Waals surface area contributed by atoms with Crippen LogP contribution in [0.1, 0.15) is 49.7 Å². The van der Waals surface area contributed by atoms with Gasteiger partial charge in [-0.2, -0.15) is 0 Å². The van der Waals surface area contributed by atoms with E-state index in [0.717, 1.165) is 48.1 Å². The van der Waals surface area contributed by atoms with Gasteiger partial charge < -0.3 is 5.32 Å². The summed E-state index contributed by atoms with van der Waals surface area (Å²) in [5.74, 6) is 0.246. The maximum atomic E-state index is 13.1. The van der Waals surface area contributed by atoms with Crippen molar-refractivity contribution in [2.24, 2.45) is 5.41 Å². The van der Waals surface area contributed by atoms with Crippen LogP contribution in [-0.2, 0) is 9.59 Å². The molecule has 1 atom stereocenters. The number of hydrogen-bond acceptors (Lipinski definition) is 2. The van der Waals surface area contributed by atoms with Crippen LogP contribution < -0.4 is 5.32 Å². The number of carbonyl (C=O) groups is 2. The van der Waals surface area contributed by atoms with E-state index in [1.54, 1.807) is 6.08 Å². The van der Waals surface area contributed by atoms with Gasteiger partial charge >= 0.3 is 0 Å². The third-order valence-electron chi connectivity index (χ3n) is 5.20. The van der Waals surface area contributed by atoms with Gasteiger partial charge in [0.2, 0.25) is 5.91 Å². The Labute approximate surface area is 131 Å². The van der Waals surface area contributed by atoms with Crippen molar-refractivity contribution in [1.29, 1.82) is 0 Å². The number of hydrogen-bond donors (Lipinski definition) is 1. The van der Waals surface area contributed by atoms with Crippen molar-refractivity contribution in [3.63, 3.8) is 0 Å². The number of anilines is 1. The Morgan fingerprint density at radius 3 is 2.55 bits per heavy atom. The molecule has 22 heavy (non-hydrogen) atoms. The van der Waals surface area contributed by atoms with Gasteiger partial charge in [0.1, 0.15) is 0 Å². The van der Waals surface area contributed by atoms with Crippen LogP contribution in [0.2, 0.25) is 0 Å². The van der Waals surface area contributed by atoms with E-state index in [2.05, 4.69) is 5.32 Å². The first-order valence-electron chi connectivity index (χ1n) is 8.14. The Morgan fingerprint density at radius 1 is 1.09 bits per heavy atom. The summed E-state index contributed by atoms with van der Waals surface area (Å²) in [6.07, 6.45) is 6.78. The highest BCUT2D eigenvalue weighted by atomic mass is 16.2. The van der Waals surface area contributed by atoms with Gasteiger partial charge in [-0.1, -0.05) is 30.2 Å². The summed E-state index contributed by atoms with van der Waals surface area (Å²) in [6, 6.07) is 6.04. The Bertz CT molecular complexity index is 639. The SMILES string of the molecule is Cc1cccc(C)c1NC(=O)C12CCCCC1=CC(=O)CC2. The van der Waals surface area contributed by atoms with E-state index < -0.39 is 5.41 Å². The van der Waals surface area contributed by atoms with Crippen molar-refractivity contribution in [3.8, 4) is 0 Å². The second kappa shape index (κ2) is 5.71. The zero-order valence-electron chi connectivity index (χ0n) is 13.4. The Morgan fingerprint density at radius 2 is 1.82 bits per heavy atom. The normalized spacial score (nSPS) is 24.5. The molecule has 2 aliphatic carbocycles. The largest absolute Gasteiger partial charge is 0.325 e. The van der Waals surface area contributed by atoms with Gasteiger partial charge in [-0.05, 0) is 56.7 Å². The molecule has 3 nitrogen and oxygen atoms in total. The van der Waals surface area contributed by atoms with Gasteiger partial charge in [-0.3, -0.25) is 9.59 Å². The van der Waals surface area contributed by atoms with Crippen molar-refractivity contribution in [3.05, 3.63) is 41.0 Å². The van der Waals surface area contributed by atoms with Gasteiger partial charge in [-0.15, -0.1) is 0 Å². The minimum absolute atomic E-state index is 0.0725. The maximum absolute atomic E-state index is 13.1. The van der Waals surface area contributed by atoms with Crippen LogP contribution in [-0.4, -0.2) is 11.7 Å². The molecule has 116 valence electrons. The fraction of sp³-hybridized carbons (Fsp3) is 0.474. The maximum Gasteiger partial charge on any atom is 0.234 e. The second-order valence-electron chi connectivity index (χ2n) is 6.65. The predicted octanol–water partition coefficient (Wildman–Crippen LogP) is 4.09. The number of carbonyl (C=O) groups excluding carboxylic acids is 2. The van der Waals surface area contributed by atoms with Gasteiger partial charge in [-0.25, -0.2) is 0 Å². The lowest BCUT2D eigenvalue weighted by Crippen LogP contribution is -2.42. The topological polar surface area (TPSA) is 46.2 Å². The van der Waals surface area contributed by atoms with Gasteiger partial charge in [0.15, 0.2) is 5.78 Å². The van der Waals surface area contributed by atoms with Crippen molar-refractivity contribution < 1.29 is 9.59 Å². The summed E-state index contributed by atoms with van der Waals surface area (Å²) >= 11 is 0. The third-order valence-corrected chi connectivity index (χ3v) is 5.20. The Hall–Kier alpha value is -1.90. The molecule has 1 N–H and O–H groups in total. The van der Waals surface area contributed by atoms with E-state index >= 15 is 0 Å². The van der Waals surface area contributed by atoms with E-state index in [-0.39, 0.29) is 11.7 Å². The average Bonchev–Trinajstić information content (AvgIpc) is 2.50. The first-order chi connectivity index (χ1) is 10.5. The number of ketones is 1. The molecule has 1 unspecified atom stereocenters. The molecule has 1 fully saturated rings. The zero-order chi connectivity index (χ0) is 15.7. The van der Waals surface area contributed by atoms with E-state index in [0.29, 0.717) is 12.8 Å². The van der Waals surface area contributed by atoms with Crippen LogP contribution in [0.3, 0.4) is 0 Å². The first-order valence-corrected chi connectivity index (χ1v) is 8.14. The highest BCUT2D eigenvalue weighted by Crippen LogP contribution is 2.47. The molecule has 3 rings (SSSR count). The summed E-state index contributed by atoms with van der Waals surface area (Å²) in [7, 11) is 0. The van der Waals surface area contributed by atoms with E-state index in [4.69, 9.17) is 0 Å². The summed E-state index contributed by atoms with van der Waals surface area (Å²) < 4.78 is 0. The second-order valence-corrected chi connectivity index (χ2v) is 6.65. The highest BCUT2D eigenvalue weighted by Gasteiger charge is 2.45. The quantitative estimate of drug-likeness (QED) is 0.893. The molecule has 0 radical (unpaired) electrons. The van der Waals surface area contributed by atoms with Gasteiger partial charge in [0.05, 0.1) is 5.41 Å². The van der Waals surface area contributed by atoms with Crippen LogP contribution >= 0.6 is 0 Å². The number of aryl methyl sites for hydroxylation is 2. The fourth-order valence-corrected chi connectivity index (χ4v) is 3.86. The van der Waals surface area contributed by atoms with Crippen LogP contribution in [0.25, 0.3) is 0 Å². The number of fused-ring (bicyclic) bond motifs is 1. The number of allylic oxidation sites excluding steroid dienone is 1. The van der Waals surface area contributed by atoms with Crippen LogP contribution in [0.4, 0.5) is 5.69 Å². The van der Waals surface area contributed by atoms with Crippen molar-refractivity contribution in [2.45, 2.75) is 52.4 Å². The van der Waals surface area contributed by atoms with Crippen LogP contribution in [0.5, 0.6) is 0 Å². The Balaban J connectivity index is 1.93. The summed E-state index contributed by atoms with van der Waals surface area (Å²) in [5.41, 5.74) is 3.68. The third kappa shape index (κ3) is 2.49. The monoisotopic (exact) mass is 297 g/mol. The van der Waals surface area contributed by atoms with E-state index in [1.165, 1.54) is 0 Å². The molecule has 1 saturated carbocycles. The van der Waals surface area contributed by atoms with Crippen molar-refractivity contribution in [1.82, 2.24) is 0 Å². The molecule has 1 aromatic carbocycles. The molecule has 0 heterocycles. The minimum Gasteiger partial charge on any atom is -0.325 e. The lowest BCUT2D eigenvalue weighted by molar-refractivity contribution is -0.126. The minimum atomic E-state index is -0.457. The number of amides is 1. The molecular formula is C19H23NO2. The van der Waals surface area contributed by atoms with Gasteiger partial charge in [0, 0.05) is 12.1 Å². The predicted molar refractivity (Wildman–Crippen MR) is 87.8 cm³/mol. The summed E-state index contributed by atoms with van der Waals surface area (Å²) in [6.45, 7) is 4.03. The molecule has 1 aromatic rings. The van der Waals surface area contributed by atoms with Crippen molar-refractivity contribution >= 4 is 17.4 Å². The van der Waals surface area contributed by atoms with E-state index in [9.17, 15) is 9.59 Å². The van der Waals surface area contributed by atoms with Crippen LogP contribution in [0, 0.1) is 19.3 Å². The fourth-order valence-electron chi connectivity index (χ4n) is 3.86. The standard InChI is InChI=1S/C19H23NO2/c1-13-6-5-7-14(2)17(13)20-18(22)19-10-4-3-8-15(19)12-16(21)9-11-19/h5-7,12H,3-4,8-11H2,1-2H3,(H,20,22). The van der Waals surface area contributed by atoms with Crippen molar-refractivity contribution in [2.75, 3.05) is 5.32 Å². The summed E-state index contributed by atoms with van der Waals surface area (Å²) in [5, 5.41) is 3.16. The van der Waals surface area contributed by atoms with E-state index in [1.807, 2.05) is 32.0 Å². The lowest BCUT2D eigenvalue weighted by atomic mass is 9.64. The smallest absolute Gasteiger partial charge is 0.234 e. The molecule has 0 saturated heterocycles. The molecule has 2 aliphatic rings. The highest BCUT2D eigenvalue weighted by molar-refractivity contribution is 6.02. The molecular weight excluding hydrogens is 274 g/mol. The molecule has 1 amide bonds. The number of benzene rings is 1. The molecule has 0 aromatic heterocycles. The van der Waals surface area contributed by atoms with Gasteiger partial charge in [0.25, 0.3) is 0 Å². The summed E-state index contributed by atoms with van der Waals surface area (Å²) in [4.78, 5) is 24.8. The zero-order valence-corrected chi connectivity index (χ0v) is 13.4. The number of nitrogens with one attached hydrogen (secondary N) is 1.